The van der Waals surface area contributed by atoms with Crippen LogP contribution >= 0.6 is 11.8 Å². The number of carbonyl (C=O) groups is 1. The Hall–Kier alpha value is -2.21. The largest absolute Gasteiger partial charge is 0.366 e. The Balaban J connectivity index is 1.39. The van der Waals surface area contributed by atoms with E-state index in [-0.39, 0.29) is 11.7 Å². The lowest BCUT2D eigenvalue weighted by Gasteiger charge is -2.39. The molecule has 0 N–H and O–H groups in total. The van der Waals surface area contributed by atoms with Gasteiger partial charge in [0.15, 0.2) is 0 Å². The fourth-order valence-corrected chi connectivity index (χ4v) is 5.16. The number of amides is 1. The Bertz CT molecular complexity index is 838. The Morgan fingerprint density at radius 2 is 1.71 bits per heavy atom. The SMILES string of the molecule is CCC1CN(CC(=O)N2CCN(c3ccccc3F)CC2)c2ccccc2S1. The van der Waals surface area contributed by atoms with Crippen LogP contribution in [0.15, 0.2) is 53.4 Å². The average Bonchev–Trinajstić information content (AvgIpc) is 2.74. The smallest absolute Gasteiger partial charge is 0.242 e. The summed E-state index contributed by atoms with van der Waals surface area (Å²) in [6.07, 6.45) is 1.09. The molecule has 28 heavy (non-hydrogen) atoms. The number of anilines is 2. The van der Waals surface area contributed by atoms with E-state index in [0.29, 0.717) is 43.7 Å². The fraction of sp³-hybridized carbons (Fsp3) is 0.409. The predicted octanol–water partition coefficient (Wildman–Crippen LogP) is 3.87. The van der Waals surface area contributed by atoms with Crippen LogP contribution in [0.3, 0.4) is 0 Å². The van der Waals surface area contributed by atoms with Gasteiger partial charge in [0.25, 0.3) is 0 Å². The number of fused-ring (bicyclic) bond motifs is 1. The second kappa shape index (κ2) is 8.43. The van der Waals surface area contributed by atoms with Gasteiger partial charge in [-0.25, -0.2) is 4.39 Å². The summed E-state index contributed by atoms with van der Waals surface area (Å²) in [5.74, 6) is -0.0416. The number of halogens is 1. The van der Waals surface area contributed by atoms with E-state index in [1.165, 1.54) is 11.0 Å². The molecule has 0 radical (unpaired) electrons. The van der Waals surface area contributed by atoms with Gasteiger partial charge in [-0.3, -0.25) is 4.79 Å². The van der Waals surface area contributed by atoms with Crippen molar-refractivity contribution in [3.05, 3.63) is 54.3 Å². The minimum Gasteiger partial charge on any atom is -0.366 e. The van der Waals surface area contributed by atoms with E-state index < -0.39 is 0 Å². The summed E-state index contributed by atoms with van der Waals surface area (Å²) < 4.78 is 14.0. The molecule has 6 heteroatoms. The van der Waals surface area contributed by atoms with Crippen molar-refractivity contribution in [3.8, 4) is 0 Å². The van der Waals surface area contributed by atoms with Crippen LogP contribution in [0.2, 0.25) is 0 Å². The topological polar surface area (TPSA) is 26.8 Å². The van der Waals surface area contributed by atoms with Crippen molar-refractivity contribution < 1.29 is 9.18 Å². The molecule has 2 aliphatic heterocycles. The molecule has 0 bridgehead atoms. The number of piperazine rings is 1. The molecule has 0 spiro atoms. The van der Waals surface area contributed by atoms with Gasteiger partial charge in [-0.1, -0.05) is 31.2 Å². The van der Waals surface area contributed by atoms with Crippen molar-refractivity contribution >= 4 is 29.0 Å². The summed E-state index contributed by atoms with van der Waals surface area (Å²) >= 11 is 1.91. The molecule has 1 unspecified atom stereocenters. The standard InChI is InChI=1S/C22H26FN3OS/c1-2-17-15-26(20-9-5-6-10-21(20)28-17)16-22(27)25-13-11-24(12-14-25)19-8-4-3-7-18(19)23/h3-10,17H,2,11-16H2,1H3. The first-order chi connectivity index (χ1) is 13.7. The van der Waals surface area contributed by atoms with Crippen LogP contribution in [0.5, 0.6) is 0 Å². The van der Waals surface area contributed by atoms with Crippen LogP contribution in [0.4, 0.5) is 15.8 Å². The third-order valence-corrected chi connectivity index (χ3v) is 6.95. The van der Waals surface area contributed by atoms with Crippen LogP contribution in [-0.4, -0.2) is 55.3 Å². The fourth-order valence-electron chi connectivity index (χ4n) is 3.91. The highest BCUT2D eigenvalue weighted by Gasteiger charge is 2.28. The van der Waals surface area contributed by atoms with Crippen molar-refractivity contribution in [1.29, 1.82) is 0 Å². The number of hydrogen-bond acceptors (Lipinski definition) is 4. The summed E-state index contributed by atoms with van der Waals surface area (Å²) in [6.45, 7) is 6.11. The molecule has 2 aromatic rings. The predicted molar refractivity (Wildman–Crippen MR) is 114 cm³/mol. The maximum atomic E-state index is 14.0. The average molecular weight is 400 g/mol. The summed E-state index contributed by atoms with van der Waals surface area (Å²) in [5.41, 5.74) is 1.79. The zero-order valence-electron chi connectivity index (χ0n) is 16.2. The van der Waals surface area contributed by atoms with E-state index in [0.717, 1.165) is 18.7 Å². The normalized spacial score (nSPS) is 19.5. The number of para-hydroxylation sites is 2. The molecular weight excluding hydrogens is 373 g/mol. The molecule has 2 aromatic carbocycles. The Morgan fingerprint density at radius 3 is 2.43 bits per heavy atom. The Kier molecular flexibility index (Phi) is 5.76. The third kappa shape index (κ3) is 3.97. The summed E-state index contributed by atoms with van der Waals surface area (Å²) in [6, 6.07) is 15.2. The van der Waals surface area contributed by atoms with E-state index >= 15 is 0 Å². The quantitative estimate of drug-likeness (QED) is 0.780. The van der Waals surface area contributed by atoms with Gasteiger partial charge in [0.1, 0.15) is 5.82 Å². The second-order valence-electron chi connectivity index (χ2n) is 7.32. The summed E-state index contributed by atoms with van der Waals surface area (Å²) in [5, 5.41) is 0.514. The van der Waals surface area contributed by atoms with Crippen LogP contribution < -0.4 is 9.80 Å². The number of thioether (sulfide) groups is 1. The van der Waals surface area contributed by atoms with E-state index in [2.05, 4.69) is 30.0 Å². The Labute approximate surface area is 170 Å². The minimum absolute atomic E-state index is 0.157. The zero-order chi connectivity index (χ0) is 19.5. The van der Waals surface area contributed by atoms with Gasteiger partial charge in [0, 0.05) is 42.9 Å². The van der Waals surface area contributed by atoms with Gasteiger partial charge in [-0.2, -0.15) is 0 Å². The molecule has 0 saturated carbocycles. The van der Waals surface area contributed by atoms with Crippen molar-refractivity contribution in [3.63, 3.8) is 0 Å². The highest BCUT2D eigenvalue weighted by Crippen LogP contribution is 2.39. The zero-order valence-corrected chi connectivity index (χ0v) is 17.0. The van der Waals surface area contributed by atoms with Crippen LogP contribution in [-0.2, 0) is 4.79 Å². The van der Waals surface area contributed by atoms with Gasteiger partial charge >= 0.3 is 0 Å². The summed E-state index contributed by atoms with van der Waals surface area (Å²) in [7, 11) is 0. The molecule has 1 fully saturated rings. The molecule has 0 aliphatic carbocycles. The number of rotatable bonds is 4. The molecule has 4 nitrogen and oxygen atoms in total. The highest BCUT2D eigenvalue weighted by molar-refractivity contribution is 8.00. The van der Waals surface area contributed by atoms with Gasteiger partial charge < -0.3 is 14.7 Å². The number of nitrogens with zero attached hydrogens (tertiary/aromatic N) is 3. The number of hydrogen-bond donors (Lipinski definition) is 0. The molecule has 0 aromatic heterocycles. The first-order valence-electron chi connectivity index (χ1n) is 9.93. The minimum atomic E-state index is -0.199. The van der Waals surface area contributed by atoms with Crippen molar-refractivity contribution in [2.45, 2.75) is 23.5 Å². The van der Waals surface area contributed by atoms with E-state index in [1.807, 2.05) is 33.7 Å². The molecule has 2 heterocycles. The molecule has 1 amide bonds. The number of benzene rings is 2. The van der Waals surface area contributed by atoms with Crippen LogP contribution in [0, 0.1) is 5.82 Å². The van der Waals surface area contributed by atoms with E-state index in [1.54, 1.807) is 12.1 Å². The third-order valence-electron chi connectivity index (χ3n) is 5.53. The van der Waals surface area contributed by atoms with Gasteiger partial charge in [0.05, 0.1) is 17.9 Å². The van der Waals surface area contributed by atoms with Gasteiger partial charge in [0.2, 0.25) is 5.91 Å². The summed E-state index contributed by atoms with van der Waals surface area (Å²) in [4.78, 5) is 20.4. The Morgan fingerprint density at radius 1 is 1.04 bits per heavy atom. The first-order valence-corrected chi connectivity index (χ1v) is 10.8. The van der Waals surface area contributed by atoms with Crippen molar-refractivity contribution in [2.75, 3.05) is 49.1 Å². The maximum Gasteiger partial charge on any atom is 0.242 e. The maximum absolute atomic E-state index is 14.0. The molecular formula is C22H26FN3OS. The molecule has 4 rings (SSSR count). The molecule has 2 aliphatic rings. The number of carbonyl (C=O) groups excluding carboxylic acids is 1. The molecule has 1 saturated heterocycles. The molecule has 148 valence electrons. The van der Waals surface area contributed by atoms with Crippen molar-refractivity contribution in [1.82, 2.24) is 4.90 Å². The highest BCUT2D eigenvalue weighted by atomic mass is 32.2. The second-order valence-corrected chi connectivity index (χ2v) is 8.66. The molecule has 1 atom stereocenters. The van der Waals surface area contributed by atoms with Crippen LogP contribution in [0.25, 0.3) is 0 Å². The van der Waals surface area contributed by atoms with Gasteiger partial charge in [-0.15, -0.1) is 11.8 Å². The van der Waals surface area contributed by atoms with E-state index in [4.69, 9.17) is 0 Å². The lowest BCUT2D eigenvalue weighted by Crippen LogP contribution is -2.52. The van der Waals surface area contributed by atoms with E-state index in [9.17, 15) is 9.18 Å². The first kappa shape index (κ1) is 19.1. The lowest BCUT2D eigenvalue weighted by molar-refractivity contribution is -0.130. The monoisotopic (exact) mass is 399 g/mol. The van der Waals surface area contributed by atoms with Crippen LogP contribution in [0.1, 0.15) is 13.3 Å². The van der Waals surface area contributed by atoms with Crippen molar-refractivity contribution in [2.24, 2.45) is 0 Å². The lowest BCUT2D eigenvalue weighted by atomic mass is 10.2. The van der Waals surface area contributed by atoms with Gasteiger partial charge in [-0.05, 0) is 30.7 Å².